The topological polar surface area (TPSA) is 12.9 Å². The van der Waals surface area contributed by atoms with E-state index in [9.17, 15) is 0 Å². The maximum atomic E-state index is 4.34. The van der Waals surface area contributed by atoms with E-state index >= 15 is 0 Å². The van der Waals surface area contributed by atoms with Gasteiger partial charge in [0.15, 0.2) is 0 Å². The molecular weight excluding hydrogens is 182 g/mol. The van der Waals surface area contributed by atoms with Gasteiger partial charge in [-0.3, -0.25) is 4.98 Å². The maximum absolute atomic E-state index is 4.34. The first-order valence-electron chi connectivity index (χ1n) is 5.91. The average molecular weight is 204 g/mol. The largest absolute Gasteiger partial charge is 0.261 e. The lowest BCUT2D eigenvalue weighted by Crippen LogP contribution is -2.13. The van der Waals surface area contributed by atoms with E-state index in [0.717, 1.165) is 5.69 Å². The van der Waals surface area contributed by atoms with Crippen molar-refractivity contribution in [2.75, 3.05) is 0 Å². The SMILES string of the molecule is CCCCCC(C)(C)[CH]c1ccccn1. The van der Waals surface area contributed by atoms with Crippen molar-refractivity contribution in [3.05, 3.63) is 36.5 Å². The molecule has 1 heteroatoms. The molecule has 0 aromatic carbocycles. The fourth-order valence-electron chi connectivity index (χ4n) is 1.76. The number of rotatable bonds is 6. The third-order valence-electron chi connectivity index (χ3n) is 2.65. The van der Waals surface area contributed by atoms with E-state index in [-0.39, 0.29) is 5.41 Å². The number of aromatic nitrogens is 1. The van der Waals surface area contributed by atoms with Gasteiger partial charge in [-0.2, -0.15) is 0 Å². The van der Waals surface area contributed by atoms with Gasteiger partial charge in [-0.05, 0) is 24.0 Å². The second-order valence-corrected chi connectivity index (χ2v) is 4.84. The summed E-state index contributed by atoms with van der Waals surface area (Å²) in [6, 6.07) is 6.07. The predicted molar refractivity (Wildman–Crippen MR) is 65.6 cm³/mol. The molecule has 1 rings (SSSR count). The Hall–Kier alpha value is -0.850. The summed E-state index contributed by atoms with van der Waals surface area (Å²) in [6.45, 7) is 6.82. The minimum Gasteiger partial charge on any atom is -0.261 e. The van der Waals surface area contributed by atoms with Crippen LogP contribution in [0.5, 0.6) is 0 Å². The van der Waals surface area contributed by atoms with Gasteiger partial charge in [-0.1, -0.05) is 46.1 Å². The number of hydrogen-bond acceptors (Lipinski definition) is 1. The molecular formula is C14H22N. The molecule has 0 atom stereocenters. The van der Waals surface area contributed by atoms with Crippen LogP contribution in [0.2, 0.25) is 0 Å². The van der Waals surface area contributed by atoms with E-state index in [0.29, 0.717) is 0 Å². The lowest BCUT2D eigenvalue weighted by Gasteiger charge is -2.23. The molecule has 1 aromatic heterocycles. The van der Waals surface area contributed by atoms with Crippen LogP contribution in [0.25, 0.3) is 0 Å². The van der Waals surface area contributed by atoms with Crippen LogP contribution in [-0.2, 0) is 0 Å². The summed E-state index contributed by atoms with van der Waals surface area (Å²) < 4.78 is 0. The molecule has 0 spiro atoms. The van der Waals surface area contributed by atoms with Crippen LogP contribution in [0, 0.1) is 11.8 Å². The van der Waals surface area contributed by atoms with Crippen LogP contribution in [0.1, 0.15) is 52.1 Å². The van der Waals surface area contributed by atoms with Crippen molar-refractivity contribution in [2.24, 2.45) is 5.41 Å². The zero-order valence-corrected chi connectivity index (χ0v) is 10.2. The van der Waals surface area contributed by atoms with E-state index in [2.05, 4.69) is 38.2 Å². The van der Waals surface area contributed by atoms with Gasteiger partial charge in [-0.25, -0.2) is 0 Å². The van der Waals surface area contributed by atoms with Gasteiger partial charge < -0.3 is 0 Å². The van der Waals surface area contributed by atoms with Crippen LogP contribution in [0.4, 0.5) is 0 Å². The third kappa shape index (κ3) is 4.96. The Kier molecular flexibility index (Phi) is 4.80. The second-order valence-electron chi connectivity index (χ2n) is 4.84. The summed E-state index contributed by atoms with van der Waals surface area (Å²) in [6.07, 6.45) is 9.32. The Labute approximate surface area is 93.9 Å². The van der Waals surface area contributed by atoms with Crippen molar-refractivity contribution in [3.8, 4) is 0 Å². The molecule has 0 bridgehead atoms. The van der Waals surface area contributed by atoms with Crippen molar-refractivity contribution in [3.63, 3.8) is 0 Å². The highest BCUT2D eigenvalue weighted by atomic mass is 14.7. The lowest BCUT2D eigenvalue weighted by molar-refractivity contribution is 0.385. The van der Waals surface area contributed by atoms with Crippen LogP contribution < -0.4 is 0 Å². The van der Waals surface area contributed by atoms with Crippen molar-refractivity contribution in [1.82, 2.24) is 4.98 Å². The molecule has 0 saturated carbocycles. The first-order valence-corrected chi connectivity index (χ1v) is 5.91. The molecule has 0 aliphatic rings. The first kappa shape index (κ1) is 12.2. The quantitative estimate of drug-likeness (QED) is 0.631. The van der Waals surface area contributed by atoms with Crippen molar-refractivity contribution in [1.29, 1.82) is 0 Å². The minimum atomic E-state index is 0.267. The summed E-state index contributed by atoms with van der Waals surface area (Å²) in [4.78, 5) is 4.34. The standard InChI is InChI=1S/C14H22N/c1-4-5-7-10-14(2,3)12-13-9-6-8-11-15-13/h6,8-9,11-12H,4-5,7,10H2,1-3H3. The maximum Gasteiger partial charge on any atom is 0.0446 e. The van der Waals surface area contributed by atoms with Crippen LogP contribution in [-0.4, -0.2) is 4.98 Å². The fraction of sp³-hybridized carbons (Fsp3) is 0.571. The lowest BCUT2D eigenvalue weighted by atomic mass is 9.82. The van der Waals surface area contributed by atoms with Crippen LogP contribution in [0.3, 0.4) is 0 Å². The summed E-state index contributed by atoms with van der Waals surface area (Å²) in [5, 5.41) is 0. The van der Waals surface area contributed by atoms with E-state index in [1.807, 2.05) is 18.3 Å². The highest BCUT2D eigenvalue weighted by molar-refractivity contribution is 5.16. The number of nitrogens with zero attached hydrogens (tertiary/aromatic N) is 1. The summed E-state index contributed by atoms with van der Waals surface area (Å²) in [5.74, 6) is 0. The van der Waals surface area contributed by atoms with Gasteiger partial charge in [0, 0.05) is 18.3 Å². The molecule has 1 radical (unpaired) electrons. The van der Waals surface area contributed by atoms with Gasteiger partial charge >= 0.3 is 0 Å². The number of hydrogen-bond donors (Lipinski definition) is 0. The predicted octanol–water partition coefficient (Wildman–Crippen LogP) is 4.24. The van der Waals surface area contributed by atoms with Gasteiger partial charge in [0.05, 0.1) is 0 Å². The number of pyridine rings is 1. The zero-order chi connectivity index (χ0) is 11.1. The van der Waals surface area contributed by atoms with E-state index in [4.69, 9.17) is 0 Å². The van der Waals surface area contributed by atoms with E-state index in [1.54, 1.807) is 0 Å². The van der Waals surface area contributed by atoms with E-state index in [1.165, 1.54) is 25.7 Å². The van der Waals surface area contributed by atoms with E-state index < -0.39 is 0 Å². The van der Waals surface area contributed by atoms with Gasteiger partial charge in [0.2, 0.25) is 0 Å². The second kappa shape index (κ2) is 5.89. The molecule has 0 saturated heterocycles. The minimum absolute atomic E-state index is 0.267. The Balaban J connectivity index is 2.42. The summed E-state index contributed by atoms with van der Waals surface area (Å²) in [7, 11) is 0. The smallest absolute Gasteiger partial charge is 0.0446 e. The first-order chi connectivity index (χ1) is 7.14. The molecule has 1 heterocycles. The molecule has 0 fully saturated rings. The van der Waals surface area contributed by atoms with Gasteiger partial charge in [-0.15, -0.1) is 0 Å². The molecule has 83 valence electrons. The molecule has 1 aromatic rings. The van der Waals surface area contributed by atoms with Crippen molar-refractivity contribution >= 4 is 0 Å². The van der Waals surface area contributed by atoms with Gasteiger partial charge in [0.25, 0.3) is 0 Å². The number of unbranched alkanes of at least 4 members (excludes halogenated alkanes) is 2. The fourth-order valence-corrected chi connectivity index (χ4v) is 1.76. The molecule has 0 unspecified atom stereocenters. The Morgan fingerprint density at radius 1 is 1.27 bits per heavy atom. The molecule has 0 aliphatic carbocycles. The third-order valence-corrected chi connectivity index (χ3v) is 2.65. The zero-order valence-electron chi connectivity index (χ0n) is 10.2. The van der Waals surface area contributed by atoms with Gasteiger partial charge in [0.1, 0.15) is 0 Å². The van der Waals surface area contributed by atoms with Crippen LogP contribution in [0.15, 0.2) is 24.4 Å². The summed E-state index contributed by atoms with van der Waals surface area (Å²) in [5.41, 5.74) is 1.36. The highest BCUT2D eigenvalue weighted by Gasteiger charge is 2.18. The molecule has 0 N–H and O–H groups in total. The van der Waals surface area contributed by atoms with Crippen molar-refractivity contribution < 1.29 is 0 Å². The Bertz CT molecular complexity index is 264. The Morgan fingerprint density at radius 2 is 2.07 bits per heavy atom. The molecule has 0 aliphatic heterocycles. The monoisotopic (exact) mass is 204 g/mol. The van der Waals surface area contributed by atoms with Crippen LogP contribution >= 0.6 is 0 Å². The molecule has 0 amide bonds. The average Bonchev–Trinajstić information content (AvgIpc) is 2.18. The normalized spacial score (nSPS) is 11.7. The highest BCUT2D eigenvalue weighted by Crippen LogP contribution is 2.29. The van der Waals surface area contributed by atoms with Crippen molar-refractivity contribution in [2.45, 2.75) is 46.5 Å². The summed E-state index contributed by atoms with van der Waals surface area (Å²) >= 11 is 0. The Morgan fingerprint density at radius 3 is 2.67 bits per heavy atom. The molecule has 15 heavy (non-hydrogen) atoms. The molecule has 1 nitrogen and oxygen atoms in total.